The van der Waals surface area contributed by atoms with E-state index < -0.39 is 6.04 Å². The Balaban J connectivity index is 1.44. The Kier molecular flexibility index (Phi) is 7.99. The van der Waals surface area contributed by atoms with Gasteiger partial charge in [-0.25, -0.2) is 4.99 Å². The number of anilines is 1. The van der Waals surface area contributed by atoms with Gasteiger partial charge in [-0.15, -0.1) is 0 Å². The molecule has 198 valence electrons. The molecule has 3 heterocycles. The summed E-state index contributed by atoms with van der Waals surface area (Å²) in [5.41, 5.74) is 4.18. The van der Waals surface area contributed by atoms with Gasteiger partial charge in [0, 0.05) is 29.7 Å². The second-order valence-electron chi connectivity index (χ2n) is 8.91. The van der Waals surface area contributed by atoms with Gasteiger partial charge in [-0.1, -0.05) is 47.6 Å². The molecule has 0 radical (unpaired) electrons. The molecular weight excluding hydrogens is 534 g/mol. The van der Waals surface area contributed by atoms with Gasteiger partial charge in [-0.2, -0.15) is 0 Å². The number of carbonyl (C=O) groups is 2. The predicted octanol–water partition coefficient (Wildman–Crippen LogP) is 5.66. The highest BCUT2D eigenvalue weighted by atomic mass is 35.5. The van der Waals surface area contributed by atoms with Crippen molar-refractivity contribution >= 4 is 46.0 Å². The summed E-state index contributed by atoms with van der Waals surface area (Å²) in [6.07, 6.45) is 3.51. The van der Waals surface area contributed by atoms with Crippen molar-refractivity contribution in [3.63, 3.8) is 0 Å². The maximum atomic E-state index is 13.8. The third-order valence-electron chi connectivity index (χ3n) is 6.37. The number of pyridine rings is 1. The first-order valence-electron chi connectivity index (χ1n) is 12.2. The largest absolute Gasteiger partial charge is 0.495 e. The van der Waals surface area contributed by atoms with Crippen LogP contribution in [0.3, 0.4) is 0 Å². The van der Waals surface area contributed by atoms with E-state index in [9.17, 15) is 9.59 Å². The predicted molar refractivity (Wildman–Crippen MR) is 154 cm³/mol. The van der Waals surface area contributed by atoms with E-state index in [0.29, 0.717) is 39.4 Å². The lowest BCUT2D eigenvalue weighted by atomic mass is 9.93. The summed E-state index contributed by atoms with van der Waals surface area (Å²) in [7, 11) is 1.56. The second-order valence-corrected chi connectivity index (χ2v) is 10.2. The van der Waals surface area contributed by atoms with E-state index in [2.05, 4.69) is 15.6 Å². The molecule has 0 spiro atoms. The second kappa shape index (κ2) is 11.8. The molecule has 1 atom stereocenters. The summed E-state index contributed by atoms with van der Waals surface area (Å²) in [4.78, 5) is 37.5. The monoisotopic (exact) mass is 559 g/mol. The molecule has 2 N–H and O–H groups in total. The number of allylic oxidation sites excluding steroid dienone is 1. The highest BCUT2D eigenvalue weighted by Crippen LogP contribution is 2.45. The van der Waals surface area contributed by atoms with Crippen LogP contribution in [-0.4, -0.2) is 34.0 Å². The SMILES string of the molecule is COc1ccccc1NC(=O)C1=C(C)N=C2SC=C(CC(=O)NCc3ccncc3)N2C1c1ccc(Cl)cc1. The minimum absolute atomic E-state index is 0.127. The van der Waals surface area contributed by atoms with Crippen molar-refractivity contribution in [1.29, 1.82) is 0 Å². The van der Waals surface area contributed by atoms with Crippen molar-refractivity contribution < 1.29 is 14.3 Å². The van der Waals surface area contributed by atoms with E-state index in [1.165, 1.54) is 11.8 Å². The first kappa shape index (κ1) is 26.5. The molecule has 2 aromatic carbocycles. The number of hydrogen-bond acceptors (Lipinski definition) is 7. The van der Waals surface area contributed by atoms with Crippen LogP contribution >= 0.6 is 23.4 Å². The molecule has 1 unspecified atom stereocenters. The zero-order valence-electron chi connectivity index (χ0n) is 21.3. The summed E-state index contributed by atoms with van der Waals surface area (Å²) >= 11 is 7.63. The number of fused-ring (bicyclic) bond motifs is 1. The Bertz CT molecular complexity index is 1490. The van der Waals surface area contributed by atoms with Crippen LogP contribution in [0, 0.1) is 0 Å². The number of thioether (sulfide) groups is 1. The fourth-order valence-electron chi connectivity index (χ4n) is 4.49. The van der Waals surface area contributed by atoms with Crippen molar-refractivity contribution in [3.8, 4) is 5.75 Å². The van der Waals surface area contributed by atoms with Crippen LogP contribution in [0.15, 0.2) is 100 Å². The normalized spacial score (nSPS) is 16.3. The number of amides is 2. The maximum absolute atomic E-state index is 13.8. The standard InChI is InChI=1S/C29H26ClN5O3S/c1-18-26(28(37)34-23-5-3-4-6-24(23)38-2)27(20-7-9-21(30)10-8-20)35-22(17-39-29(35)33-18)15-25(36)32-16-19-11-13-31-14-12-19/h3-14,17,27H,15-16H2,1-2H3,(H,32,36)(H,34,37). The van der Waals surface area contributed by atoms with Crippen LogP contribution in [0.5, 0.6) is 5.75 Å². The Hall–Kier alpha value is -4.08. The van der Waals surface area contributed by atoms with Crippen molar-refractivity contribution in [3.05, 3.63) is 112 Å². The van der Waals surface area contributed by atoms with Gasteiger partial charge in [-0.3, -0.25) is 14.6 Å². The number of hydrogen-bond donors (Lipinski definition) is 2. The van der Waals surface area contributed by atoms with Gasteiger partial charge in [-0.05, 0) is 59.9 Å². The average Bonchev–Trinajstić information content (AvgIpc) is 3.34. The molecule has 0 bridgehead atoms. The number of ether oxygens (including phenoxy) is 1. The highest BCUT2D eigenvalue weighted by molar-refractivity contribution is 8.16. The van der Waals surface area contributed by atoms with Crippen LogP contribution in [0.2, 0.25) is 5.02 Å². The van der Waals surface area contributed by atoms with Crippen molar-refractivity contribution in [1.82, 2.24) is 15.2 Å². The topological polar surface area (TPSA) is 95.9 Å². The van der Waals surface area contributed by atoms with Crippen LogP contribution in [0.25, 0.3) is 0 Å². The van der Waals surface area contributed by atoms with Crippen molar-refractivity contribution in [2.24, 2.45) is 4.99 Å². The van der Waals surface area contributed by atoms with Crippen LogP contribution in [-0.2, 0) is 16.1 Å². The molecule has 1 aromatic heterocycles. The Morgan fingerprint density at radius 2 is 1.82 bits per heavy atom. The van der Waals surface area contributed by atoms with Crippen molar-refractivity contribution in [2.45, 2.75) is 25.9 Å². The van der Waals surface area contributed by atoms with Gasteiger partial charge < -0.3 is 20.3 Å². The third kappa shape index (κ3) is 5.84. The summed E-state index contributed by atoms with van der Waals surface area (Å²) in [5, 5.41) is 9.17. The molecule has 0 fully saturated rings. The number of halogens is 1. The fraction of sp³-hybridized carbons (Fsp3) is 0.172. The molecule has 0 saturated carbocycles. The van der Waals surface area contributed by atoms with Gasteiger partial charge in [0.1, 0.15) is 5.75 Å². The molecule has 2 amide bonds. The quantitative estimate of drug-likeness (QED) is 0.369. The smallest absolute Gasteiger partial charge is 0.256 e. The molecule has 2 aliphatic heterocycles. The van der Waals surface area contributed by atoms with Crippen molar-refractivity contribution in [2.75, 3.05) is 12.4 Å². The van der Waals surface area contributed by atoms with Gasteiger partial charge in [0.05, 0.1) is 36.5 Å². The lowest BCUT2D eigenvalue weighted by Crippen LogP contribution is -2.38. The maximum Gasteiger partial charge on any atom is 0.256 e. The first-order chi connectivity index (χ1) is 18.9. The molecule has 8 nitrogen and oxygen atoms in total. The molecule has 2 aliphatic rings. The fourth-order valence-corrected chi connectivity index (χ4v) is 5.58. The number of aliphatic imine (C=N–C) groups is 1. The zero-order chi connectivity index (χ0) is 27.4. The number of benzene rings is 2. The molecule has 39 heavy (non-hydrogen) atoms. The lowest BCUT2D eigenvalue weighted by molar-refractivity contribution is -0.120. The van der Waals surface area contributed by atoms with E-state index >= 15 is 0 Å². The molecule has 5 rings (SSSR count). The highest BCUT2D eigenvalue weighted by Gasteiger charge is 2.40. The number of para-hydroxylation sites is 2. The average molecular weight is 560 g/mol. The van der Waals surface area contributed by atoms with E-state index in [1.807, 2.05) is 53.6 Å². The molecule has 3 aromatic rings. The summed E-state index contributed by atoms with van der Waals surface area (Å²) in [6, 6.07) is 17.8. The number of carbonyl (C=O) groups excluding carboxylic acids is 2. The Labute approximate surface area is 235 Å². The van der Waals surface area contributed by atoms with Crippen LogP contribution in [0.4, 0.5) is 5.69 Å². The minimum atomic E-state index is -0.515. The third-order valence-corrected chi connectivity index (χ3v) is 7.51. The van der Waals surface area contributed by atoms with Gasteiger partial charge in [0.15, 0.2) is 5.17 Å². The summed E-state index contributed by atoms with van der Waals surface area (Å²) in [6.45, 7) is 2.22. The van der Waals surface area contributed by atoms with E-state index in [4.69, 9.17) is 21.3 Å². The number of nitrogens with zero attached hydrogens (tertiary/aromatic N) is 3. The van der Waals surface area contributed by atoms with E-state index in [-0.39, 0.29) is 18.2 Å². The van der Waals surface area contributed by atoms with Gasteiger partial charge >= 0.3 is 0 Å². The molecule has 0 aliphatic carbocycles. The van der Waals surface area contributed by atoms with Gasteiger partial charge in [0.25, 0.3) is 5.91 Å². The number of nitrogens with one attached hydrogen (secondary N) is 2. The number of methoxy groups -OCH3 is 1. The molecular formula is C29H26ClN5O3S. The lowest BCUT2D eigenvalue weighted by Gasteiger charge is -2.36. The number of rotatable bonds is 8. The number of amidine groups is 1. The zero-order valence-corrected chi connectivity index (χ0v) is 22.9. The molecule has 10 heteroatoms. The van der Waals surface area contributed by atoms with Crippen LogP contribution < -0.4 is 15.4 Å². The van der Waals surface area contributed by atoms with E-state index in [0.717, 1.165) is 16.8 Å². The Morgan fingerprint density at radius 3 is 2.56 bits per heavy atom. The Morgan fingerprint density at radius 1 is 1.08 bits per heavy atom. The summed E-state index contributed by atoms with van der Waals surface area (Å²) in [5.74, 6) is 0.106. The van der Waals surface area contributed by atoms with E-state index in [1.54, 1.807) is 43.8 Å². The number of aromatic nitrogens is 1. The van der Waals surface area contributed by atoms with Gasteiger partial charge in [0.2, 0.25) is 5.91 Å². The van der Waals surface area contributed by atoms with Crippen LogP contribution in [0.1, 0.15) is 30.5 Å². The summed E-state index contributed by atoms with van der Waals surface area (Å²) < 4.78 is 5.43. The minimum Gasteiger partial charge on any atom is -0.495 e. The first-order valence-corrected chi connectivity index (χ1v) is 13.5. The molecule has 0 saturated heterocycles.